The van der Waals surface area contributed by atoms with Crippen molar-refractivity contribution in [3.63, 3.8) is 0 Å². The number of hydrogen-bond donors (Lipinski definition) is 2. The van der Waals surface area contributed by atoms with Crippen LogP contribution >= 0.6 is 22.7 Å². The quantitative estimate of drug-likeness (QED) is 0.130. The van der Waals surface area contributed by atoms with Crippen molar-refractivity contribution in [1.29, 1.82) is 5.41 Å². The first-order chi connectivity index (χ1) is 28.1. The van der Waals surface area contributed by atoms with Crippen molar-refractivity contribution in [2.75, 3.05) is 0 Å². The van der Waals surface area contributed by atoms with Crippen molar-refractivity contribution in [2.24, 2.45) is 10.7 Å². The lowest BCUT2D eigenvalue weighted by Crippen LogP contribution is -2.12. The third kappa shape index (κ3) is 6.63. The normalized spacial score (nSPS) is 12.9. The van der Waals surface area contributed by atoms with Crippen LogP contribution in [0.5, 0.6) is 0 Å². The number of aliphatic imine (C=N–C) groups is 1. The number of fused-ring (bicyclic) bond motifs is 9. The molecule has 0 saturated heterocycles. The molecule has 10 aromatic rings. The fourth-order valence-electron chi connectivity index (χ4n) is 7.93. The first-order valence-electron chi connectivity index (χ1n) is 19.1. The molecule has 0 unspecified atom stereocenters. The lowest BCUT2D eigenvalue weighted by molar-refractivity contribution is 0.669. The van der Waals surface area contributed by atoms with Gasteiger partial charge in [-0.15, -0.1) is 22.7 Å². The zero-order valence-electron chi connectivity index (χ0n) is 31.0. The van der Waals surface area contributed by atoms with E-state index in [9.17, 15) is 0 Å². The van der Waals surface area contributed by atoms with Crippen molar-refractivity contribution in [3.05, 3.63) is 181 Å². The van der Waals surface area contributed by atoms with Crippen LogP contribution in [0.2, 0.25) is 0 Å². The molecule has 3 heterocycles. The van der Waals surface area contributed by atoms with Crippen LogP contribution in [0.1, 0.15) is 24.0 Å². The van der Waals surface area contributed by atoms with Gasteiger partial charge < -0.3 is 10.2 Å². The summed E-state index contributed by atoms with van der Waals surface area (Å²) in [5.41, 5.74) is 15.1. The Hall–Kier alpha value is -6.60. The summed E-state index contributed by atoms with van der Waals surface area (Å²) in [6.07, 6.45) is 10.0. The highest BCUT2D eigenvalue weighted by Crippen LogP contribution is 2.44. The standard InChI is InChI=1S/C44H27NOS2.C7H10N2/c1-2-8-27(9-3-1)25-45-26-31-10-6-13-38-43(31)36-22-30(18-21-37(36)46-38)32-12-7-15-40-44(32)35-20-17-29(24-42(35)48-40)28-16-19-34-33-11-4-5-14-39(33)47-41(34)23-28;8-7(9)6-4-2-1-3-5-6/h1-24,26H,25H2;2,4-5H,1,3H2,(H3,8,9). The van der Waals surface area contributed by atoms with Crippen LogP contribution in [0.3, 0.4) is 0 Å². The zero-order valence-corrected chi connectivity index (χ0v) is 32.7. The second-order valence-electron chi connectivity index (χ2n) is 14.3. The monoisotopic (exact) mass is 771 g/mol. The summed E-state index contributed by atoms with van der Waals surface area (Å²) < 4.78 is 11.6. The smallest absolute Gasteiger partial charge is 0.136 e. The Morgan fingerprint density at radius 3 is 2.14 bits per heavy atom. The molecule has 57 heavy (non-hydrogen) atoms. The van der Waals surface area contributed by atoms with Crippen molar-refractivity contribution in [1.82, 2.24) is 0 Å². The molecule has 7 aromatic carbocycles. The van der Waals surface area contributed by atoms with Crippen LogP contribution in [0.15, 0.2) is 179 Å². The Morgan fingerprint density at radius 2 is 1.33 bits per heavy atom. The Balaban J connectivity index is 0.000000391. The molecule has 3 aromatic heterocycles. The summed E-state index contributed by atoms with van der Waals surface area (Å²) >= 11 is 3.74. The minimum absolute atomic E-state index is 0.172. The van der Waals surface area contributed by atoms with Crippen molar-refractivity contribution >= 4 is 97.0 Å². The molecule has 0 bridgehead atoms. The third-order valence-corrected chi connectivity index (χ3v) is 13.0. The third-order valence-electron chi connectivity index (χ3n) is 10.7. The number of allylic oxidation sites excluding steroid dienone is 2. The van der Waals surface area contributed by atoms with E-state index in [1.807, 2.05) is 65.3 Å². The number of thiophene rings is 2. The van der Waals surface area contributed by atoms with Gasteiger partial charge in [0.2, 0.25) is 0 Å². The van der Waals surface area contributed by atoms with E-state index in [2.05, 4.69) is 127 Å². The molecule has 0 saturated carbocycles. The average Bonchev–Trinajstić information content (AvgIpc) is 3.95. The van der Waals surface area contributed by atoms with Crippen LogP contribution in [-0.4, -0.2) is 12.1 Å². The maximum atomic E-state index is 7.05. The molecule has 0 aliphatic heterocycles. The van der Waals surface area contributed by atoms with Gasteiger partial charge in [-0.25, -0.2) is 0 Å². The van der Waals surface area contributed by atoms with Gasteiger partial charge in [0.15, 0.2) is 0 Å². The highest BCUT2D eigenvalue weighted by Gasteiger charge is 2.16. The average molecular weight is 772 g/mol. The number of hydrogen-bond acceptors (Lipinski definition) is 5. The number of nitrogens with zero attached hydrogens (tertiary/aromatic N) is 1. The van der Waals surface area contributed by atoms with E-state index in [4.69, 9.17) is 20.6 Å². The number of nitrogens with one attached hydrogen (secondary N) is 1. The lowest BCUT2D eigenvalue weighted by Gasteiger charge is -2.06. The van der Waals surface area contributed by atoms with E-state index in [0.717, 1.165) is 45.9 Å². The van der Waals surface area contributed by atoms with Crippen LogP contribution in [0, 0.1) is 5.41 Å². The van der Waals surface area contributed by atoms with Crippen LogP contribution in [-0.2, 0) is 6.54 Å². The molecule has 4 nitrogen and oxygen atoms in total. The Bertz CT molecular complexity index is 3250. The molecular weight excluding hydrogens is 735 g/mol. The molecule has 274 valence electrons. The number of nitrogens with two attached hydrogens (primary N) is 1. The van der Waals surface area contributed by atoms with Gasteiger partial charge in [0.1, 0.15) is 17.0 Å². The first kappa shape index (κ1) is 34.9. The Morgan fingerprint density at radius 1 is 0.614 bits per heavy atom. The molecule has 1 aliphatic carbocycles. The molecule has 0 atom stereocenters. The topological polar surface area (TPSA) is 75.4 Å². The summed E-state index contributed by atoms with van der Waals surface area (Å²) in [6.45, 7) is 0.646. The summed E-state index contributed by atoms with van der Waals surface area (Å²) in [7, 11) is 0. The summed E-state index contributed by atoms with van der Waals surface area (Å²) in [5.74, 6) is 0.172. The van der Waals surface area contributed by atoms with Gasteiger partial charge in [-0.05, 0) is 83.1 Å². The first-order valence-corrected chi connectivity index (χ1v) is 20.8. The van der Waals surface area contributed by atoms with E-state index in [1.54, 1.807) is 0 Å². The predicted molar refractivity (Wildman–Crippen MR) is 246 cm³/mol. The molecule has 0 radical (unpaired) electrons. The second kappa shape index (κ2) is 14.8. The summed E-state index contributed by atoms with van der Waals surface area (Å²) in [5, 5.41) is 14.5. The van der Waals surface area contributed by atoms with Crippen molar-refractivity contribution in [3.8, 4) is 22.3 Å². The van der Waals surface area contributed by atoms with Gasteiger partial charge in [-0.2, -0.15) is 0 Å². The Labute approximate surface area is 338 Å². The number of rotatable bonds is 6. The molecule has 0 spiro atoms. The van der Waals surface area contributed by atoms with Crippen LogP contribution in [0.4, 0.5) is 0 Å². The summed E-state index contributed by atoms with van der Waals surface area (Å²) in [4.78, 5) is 4.79. The number of amidine groups is 1. The van der Waals surface area contributed by atoms with Gasteiger partial charge in [-0.1, -0.05) is 121 Å². The van der Waals surface area contributed by atoms with E-state index in [1.165, 1.54) is 68.2 Å². The molecular formula is C51H37N3OS2. The largest absolute Gasteiger partial charge is 0.456 e. The van der Waals surface area contributed by atoms with Gasteiger partial charge in [0.05, 0.1) is 6.54 Å². The van der Waals surface area contributed by atoms with Crippen LogP contribution in [0.25, 0.3) is 84.5 Å². The molecule has 1 aliphatic rings. The number of furan rings is 1. The van der Waals surface area contributed by atoms with E-state index in [-0.39, 0.29) is 5.84 Å². The SMILES string of the molecule is C(=NCc1ccccc1)c1cccc2oc3ccc(-c4cccc5sc6cc(-c7ccc8c(c7)sc7ccccc78)ccc6c45)cc3c12.N=C(N)C1=CCCC=C1. The predicted octanol–water partition coefficient (Wildman–Crippen LogP) is 14.5. The van der Waals surface area contributed by atoms with Crippen molar-refractivity contribution in [2.45, 2.75) is 19.4 Å². The fourth-order valence-corrected chi connectivity index (χ4v) is 10.2. The van der Waals surface area contributed by atoms with Crippen molar-refractivity contribution < 1.29 is 4.42 Å². The van der Waals surface area contributed by atoms with Gasteiger partial charge >= 0.3 is 0 Å². The second-order valence-corrected chi connectivity index (χ2v) is 16.5. The summed E-state index contributed by atoms with van der Waals surface area (Å²) in [6, 6.07) is 52.4. The minimum atomic E-state index is 0.172. The lowest BCUT2D eigenvalue weighted by atomic mass is 9.96. The molecule has 11 rings (SSSR count). The maximum Gasteiger partial charge on any atom is 0.136 e. The molecule has 6 heteroatoms. The van der Waals surface area contributed by atoms with E-state index >= 15 is 0 Å². The molecule has 0 fully saturated rings. The zero-order chi connectivity index (χ0) is 38.3. The Kier molecular flexibility index (Phi) is 9.06. The highest BCUT2D eigenvalue weighted by atomic mass is 32.1. The van der Waals surface area contributed by atoms with Gasteiger partial charge in [-0.3, -0.25) is 10.4 Å². The minimum Gasteiger partial charge on any atom is -0.456 e. The number of benzene rings is 7. The fraction of sp³-hybridized carbons (Fsp3) is 0.0588. The van der Waals surface area contributed by atoms with Crippen LogP contribution < -0.4 is 5.73 Å². The molecule has 3 N–H and O–H groups in total. The van der Waals surface area contributed by atoms with Gasteiger partial charge in [0.25, 0.3) is 0 Å². The van der Waals surface area contributed by atoms with E-state index < -0.39 is 0 Å². The van der Waals surface area contributed by atoms with E-state index in [0.29, 0.717) is 6.54 Å². The molecule has 0 amide bonds. The maximum absolute atomic E-state index is 7.05. The highest BCUT2D eigenvalue weighted by molar-refractivity contribution is 7.26. The van der Waals surface area contributed by atoms with Gasteiger partial charge in [0, 0.05) is 68.5 Å².